The summed E-state index contributed by atoms with van der Waals surface area (Å²) in [6.07, 6.45) is 6.51. The van der Waals surface area contributed by atoms with Crippen molar-refractivity contribution in [1.29, 1.82) is 0 Å². The molecule has 1 aromatic heterocycles. The molecule has 0 unspecified atom stereocenters. The number of hydrogen-bond acceptors (Lipinski definition) is 2. The smallest absolute Gasteiger partial charge is 0.251 e. The highest BCUT2D eigenvalue weighted by atomic mass is 16.3. The monoisotopic (exact) mass is 270 g/mol. The lowest BCUT2D eigenvalue weighted by molar-refractivity contribution is -0.0300. The van der Waals surface area contributed by atoms with Gasteiger partial charge in [-0.05, 0) is 55.7 Å². The van der Waals surface area contributed by atoms with Gasteiger partial charge in [0.1, 0.15) is 0 Å². The van der Waals surface area contributed by atoms with Crippen LogP contribution in [0.15, 0.2) is 48.8 Å². The van der Waals surface area contributed by atoms with Crippen molar-refractivity contribution in [2.45, 2.75) is 24.9 Å². The second-order valence-corrected chi connectivity index (χ2v) is 5.40. The van der Waals surface area contributed by atoms with Gasteiger partial charge in [0, 0.05) is 30.2 Å². The quantitative estimate of drug-likeness (QED) is 0.894. The molecule has 0 radical (unpaired) electrons. The van der Waals surface area contributed by atoms with Crippen molar-refractivity contribution in [2.24, 2.45) is 0 Å². The van der Waals surface area contributed by atoms with E-state index in [4.69, 9.17) is 0 Å². The molecule has 20 heavy (non-hydrogen) atoms. The maximum Gasteiger partial charge on any atom is 0.251 e. The van der Waals surface area contributed by atoms with E-state index in [-0.39, 0.29) is 5.91 Å². The summed E-state index contributed by atoms with van der Waals surface area (Å²) < 4.78 is 1.98. The van der Waals surface area contributed by atoms with Crippen molar-refractivity contribution in [1.82, 2.24) is 9.88 Å². The van der Waals surface area contributed by atoms with Crippen LogP contribution in [0.25, 0.3) is 5.69 Å². The predicted octanol–water partition coefficient (Wildman–Crippen LogP) is 2.12. The van der Waals surface area contributed by atoms with Crippen LogP contribution in [0.5, 0.6) is 0 Å². The third kappa shape index (κ3) is 2.60. The number of amides is 1. The fourth-order valence-corrected chi connectivity index (χ4v) is 2.40. The number of carbonyl (C=O) groups excluding carboxylic acids is 1. The summed E-state index contributed by atoms with van der Waals surface area (Å²) in [6, 6.07) is 11.3. The number of aliphatic hydroxyl groups is 1. The lowest BCUT2D eigenvalue weighted by Crippen LogP contribution is -2.47. The zero-order chi connectivity index (χ0) is 14.0. The lowest BCUT2D eigenvalue weighted by Gasteiger charge is -2.36. The topological polar surface area (TPSA) is 54.3 Å². The molecular weight excluding hydrogens is 252 g/mol. The maximum atomic E-state index is 12.0. The first kappa shape index (κ1) is 12.9. The first-order valence-corrected chi connectivity index (χ1v) is 6.90. The van der Waals surface area contributed by atoms with Crippen LogP contribution >= 0.6 is 0 Å². The molecule has 1 fully saturated rings. The van der Waals surface area contributed by atoms with Crippen LogP contribution in [0.1, 0.15) is 29.6 Å². The van der Waals surface area contributed by atoms with Gasteiger partial charge in [0.05, 0.1) is 5.60 Å². The van der Waals surface area contributed by atoms with Crippen molar-refractivity contribution in [3.63, 3.8) is 0 Å². The highest BCUT2D eigenvalue weighted by Gasteiger charge is 2.34. The molecule has 2 N–H and O–H groups in total. The molecule has 0 atom stereocenters. The van der Waals surface area contributed by atoms with E-state index in [9.17, 15) is 9.90 Å². The number of rotatable bonds is 4. The van der Waals surface area contributed by atoms with Gasteiger partial charge in [-0.25, -0.2) is 0 Å². The molecule has 1 amide bonds. The van der Waals surface area contributed by atoms with E-state index in [2.05, 4.69) is 5.32 Å². The minimum Gasteiger partial charge on any atom is -0.388 e. The Morgan fingerprint density at radius 3 is 2.40 bits per heavy atom. The van der Waals surface area contributed by atoms with E-state index in [0.29, 0.717) is 12.1 Å². The molecule has 0 saturated heterocycles. The standard InChI is InChI=1S/C16H18N2O2/c19-15(17-12-16(20)8-3-9-16)13-4-6-14(7-5-13)18-10-1-2-11-18/h1-2,4-7,10-11,20H,3,8-9,12H2,(H,17,19). The zero-order valence-electron chi connectivity index (χ0n) is 11.2. The van der Waals surface area contributed by atoms with Crippen LogP contribution in [0.2, 0.25) is 0 Å². The fourth-order valence-electron chi connectivity index (χ4n) is 2.40. The lowest BCUT2D eigenvalue weighted by atomic mass is 9.80. The van der Waals surface area contributed by atoms with Crippen molar-refractivity contribution in [2.75, 3.05) is 6.54 Å². The average molecular weight is 270 g/mol. The summed E-state index contributed by atoms with van der Waals surface area (Å²) in [6.45, 7) is 0.338. The Morgan fingerprint density at radius 2 is 1.85 bits per heavy atom. The van der Waals surface area contributed by atoms with Crippen LogP contribution < -0.4 is 5.32 Å². The number of benzene rings is 1. The molecule has 4 heteroatoms. The molecule has 4 nitrogen and oxygen atoms in total. The zero-order valence-corrected chi connectivity index (χ0v) is 11.2. The Morgan fingerprint density at radius 1 is 1.20 bits per heavy atom. The summed E-state index contributed by atoms with van der Waals surface area (Å²) in [5.41, 5.74) is 0.953. The van der Waals surface area contributed by atoms with Gasteiger partial charge in [0.15, 0.2) is 0 Å². The van der Waals surface area contributed by atoms with E-state index in [1.807, 2.05) is 41.2 Å². The van der Waals surface area contributed by atoms with Gasteiger partial charge in [-0.1, -0.05) is 0 Å². The van der Waals surface area contributed by atoms with Crippen LogP contribution in [-0.2, 0) is 0 Å². The van der Waals surface area contributed by atoms with E-state index >= 15 is 0 Å². The minimum atomic E-state index is -0.680. The molecule has 1 aliphatic rings. The third-order valence-corrected chi connectivity index (χ3v) is 3.89. The van der Waals surface area contributed by atoms with Crippen LogP contribution in [0.3, 0.4) is 0 Å². The summed E-state index contributed by atoms with van der Waals surface area (Å²) in [4.78, 5) is 12.0. The maximum absolute atomic E-state index is 12.0. The summed E-state index contributed by atoms with van der Waals surface area (Å²) in [7, 11) is 0. The molecule has 0 bridgehead atoms. The molecule has 104 valence electrons. The minimum absolute atomic E-state index is 0.135. The molecule has 0 aliphatic heterocycles. The average Bonchev–Trinajstić information content (AvgIpc) is 2.97. The van der Waals surface area contributed by atoms with Crippen molar-refractivity contribution in [3.8, 4) is 5.69 Å². The number of nitrogens with one attached hydrogen (secondary N) is 1. The molecule has 3 rings (SSSR count). The molecule has 1 aromatic carbocycles. The highest BCUT2D eigenvalue weighted by Crippen LogP contribution is 2.30. The van der Waals surface area contributed by atoms with Crippen molar-refractivity contribution < 1.29 is 9.90 Å². The van der Waals surface area contributed by atoms with Gasteiger partial charge in [0.2, 0.25) is 0 Å². The first-order chi connectivity index (χ1) is 9.66. The van der Waals surface area contributed by atoms with Gasteiger partial charge in [-0.15, -0.1) is 0 Å². The Hall–Kier alpha value is -2.07. The van der Waals surface area contributed by atoms with Crippen molar-refractivity contribution in [3.05, 3.63) is 54.4 Å². The molecular formula is C16H18N2O2. The van der Waals surface area contributed by atoms with Crippen molar-refractivity contribution >= 4 is 5.91 Å². The van der Waals surface area contributed by atoms with Gasteiger partial charge >= 0.3 is 0 Å². The van der Waals surface area contributed by atoms with Gasteiger partial charge < -0.3 is 15.0 Å². The Balaban J connectivity index is 1.63. The van der Waals surface area contributed by atoms with E-state index in [1.165, 1.54) is 0 Å². The van der Waals surface area contributed by atoms with Crippen LogP contribution in [0, 0.1) is 0 Å². The number of nitrogens with zero attached hydrogens (tertiary/aromatic N) is 1. The Kier molecular flexibility index (Phi) is 3.32. The van der Waals surface area contributed by atoms with Gasteiger partial charge in [-0.3, -0.25) is 4.79 Å². The summed E-state index contributed by atoms with van der Waals surface area (Å²) in [5.74, 6) is -0.135. The molecule has 1 saturated carbocycles. The Bertz CT molecular complexity index is 583. The molecule has 2 aromatic rings. The second-order valence-electron chi connectivity index (χ2n) is 5.40. The molecule has 1 heterocycles. The van der Waals surface area contributed by atoms with Gasteiger partial charge in [0.25, 0.3) is 5.91 Å². The van der Waals surface area contributed by atoms with E-state index < -0.39 is 5.60 Å². The molecule has 1 aliphatic carbocycles. The summed E-state index contributed by atoms with van der Waals surface area (Å²) >= 11 is 0. The third-order valence-electron chi connectivity index (χ3n) is 3.89. The first-order valence-electron chi connectivity index (χ1n) is 6.90. The van der Waals surface area contributed by atoms with Crippen LogP contribution in [0.4, 0.5) is 0 Å². The SMILES string of the molecule is O=C(NCC1(O)CCC1)c1ccc(-n2cccc2)cc1. The normalized spacial score (nSPS) is 16.4. The summed E-state index contributed by atoms with van der Waals surface area (Å²) in [5, 5.41) is 12.8. The van der Waals surface area contributed by atoms with Crippen LogP contribution in [-0.4, -0.2) is 27.7 Å². The number of aromatic nitrogens is 1. The second kappa shape index (κ2) is 5.13. The molecule has 0 spiro atoms. The Labute approximate surface area is 118 Å². The largest absolute Gasteiger partial charge is 0.388 e. The van der Waals surface area contributed by atoms with E-state index in [0.717, 1.165) is 24.9 Å². The van der Waals surface area contributed by atoms with Gasteiger partial charge in [-0.2, -0.15) is 0 Å². The highest BCUT2D eigenvalue weighted by molar-refractivity contribution is 5.94. The number of hydrogen-bond donors (Lipinski definition) is 2. The predicted molar refractivity (Wildman–Crippen MR) is 76.9 cm³/mol. The fraction of sp³-hybridized carbons (Fsp3) is 0.312. The number of carbonyl (C=O) groups is 1. The van der Waals surface area contributed by atoms with E-state index in [1.54, 1.807) is 12.1 Å².